The van der Waals surface area contributed by atoms with E-state index < -0.39 is 24.0 Å². The molecule has 140 valence electrons. The second kappa shape index (κ2) is 7.29. The summed E-state index contributed by atoms with van der Waals surface area (Å²) in [5.74, 6) is 1.23. The molecule has 0 atom stereocenters. The number of carbonyl (C=O) groups is 1. The van der Waals surface area contributed by atoms with Gasteiger partial charge in [-0.25, -0.2) is 4.39 Å². The number of benzene rings is 2. The molecule has 1 aliphatic heterocycles. The number of ether oxygens (including phenoxy) is 1. The predicted octanol–water partition coefficient (Wildman–Crippen LogP) is 5.23. The first kappa shape index (κ1) is 19.3. The van der Waals surface area contributed by atoms with Crippen molar-refractivity contribution >= 4 is 19.5 Å². The van der Waals surface area contributed by atoms with Crippen LogP contribution in [0.5, 0.6) is 11.5 Å². The number of halogens is 1. The second-order valence-electron chi connectivity index (χ2n) is 7.48. The first-order valence-electron chi connectivity index (χ1n) is 8.76. The van der Waals surface area contributed by atoms with Crippen LogP contribution in [0.3, 0.4) is 0 Å². The van der Waals surface area contributed by atoms with E-state index in [9.17, 15) is 9.18 Å². The molecule has 3 rings (SSSR count). The minimum Gasteiger partial charge on any atom is -0.457 e. The van der Waals surface area contributed by atoms with Crippen molar-refractivity contribution in [3.05, 3.63) is 65.4 Å². The zero-order chi connectivity index (χ0) is 19.7. The van der Waals surface area contributed by atoms with Gasteiger partial charge in [-0.05, 0) is 75.7 Å². The van der Waals surface area contributed by atoms with Gasteiger partial charge in [0.2, 0.25) is 0 Å². The summed E-state index contributed by atoms with van der Waals surface area (Å²) in [4.78, 5) is 10.7. The van der Waals surface area contributed by atoms with E-state index in [1.54, 1.807) is 48.5 Å². The van der Waals surface area contributed by atoms with Crippen molar-refractivity contribution in [3.63, 3.8) is 0 Å². The summed E-state index contributed by atoms with van der Waals surface area (Å²) in [6.45, 7) is 7.53. The normalized spacial score (nSPS) is 18.4. The smallest absolute Gasteiger partial charge is 0.457 e. The predicted molar refractivity (Wildman–Crippen MR) is 104 cm³/mol. The van der Waals surface area contributed by atoms with E-state index in [0.29, 0.717) is 22.6 Å². The Morgan fingerprint density at radius 2 is 1.33 bits per heavy atom. The van der Waals surface area contributed by atoms with Crippen LogP contribution in [0.4, 0.5) is 4.39 Å². The minimum absolute atomic E-state index is 0.480. The summed E-state index contributed by atoms with van der Waals surface area (Å²) in [5.41, 5.74) is -0.390. The van der Waals surface area contributed by atoms with Gasteiger partial charge in [-0.1, -0.05) is 12.1 Å². The maximum atomic E-state index is 14.6. The Balaban J connectivity index is 1.68. The van der Waals surface area contributed by atoms with Gasteiger partial charge < -0.3 is 14.0 Å². The Labute approximate surface area is 159 Å². The van der Waals surface area contributed by atoms with Crippen LogP contribution in [0.15, 0.2) is 54.3 Å². The Bertz CT molecular complexity index is 825. The van der Waals surface area contributed by atoms with Crippen molar-refractivity contribution in [1.82, 2.24) is 0 Å². The maximum Gasteiger partial charge on any atom is 0.525 e. The monoisotopic (exact) mass is 368 g/mol. The van der Waals surface area contributed by atoms with Crippen molar-refractivity contribution < 1.29 is 23.2 Å². The van der Waals surface area contributed by atoms with Crippen LogP contribution in [-0.4, -0.2) is 24.6 Å². The van der Waals surface area contributed by atoms with E-state index >= 15 is 0 Å². The highest BCUT2D eigenvalue weighted by atomic mass is 19.1. The van der Waals surface area contributed by atoms with Gasteiger partial charge in [-0.2, -0.15) is 0 Å². The van der Waals surface area contributed by atoms with Crippen LogP contribution in [0.2, 0.25) is 0 Å². The van der Waals surface area contributed by atoms with E-state index in [4.69, 9.17) is 14.0 Å². The topological polar surface area (TPSA) is 44.8 Å². The standard InChI is InChI=1S/C21H22BFO4/c1-20(2)21(3,4)27-22(26-20)19(23)13-15-5-9-17(10-6-15)25-18-11-7-16(14-24)8-12-18/h5-14H,1-4H3. The summed E-state index contributed by atoms with van der Waals surface area (Å²) in [6, 6.07) is 13.8. The molecule has 1 fully saturated rings. The van der Waals surface area contributed by atoms with E-state index in [2.05, 4.69) is 0 Å². The van der Waals surface area contributed by atoms with Gasteiger partial charge in [-0.15, -0.1) is 0 Å². The van der Waals surface area contributed by atoms with Crippen LogP contribution in [0.25, 0.3) is 6.08 Å². The quantitative estimate of drug-likeness (QED) is 0.535. The lowest BCUT2D eigenvalue weighted by atomic mass is 9.87. The highest BCUT2D eigenvalue weighted by Crippen LogP contribution is 2.39. The second-order valence-corrected chi connectivity index (χ2v) is 7.48. The van der Waals surface area contributed by atoms with Crippen molar-refractivity contribution in [1.29, 1.82) is 0 Å². The van der Waals surface area contributed by atoms with Crippen LogP contribution < -0.4 is 4.74 Å². The van der Waals surface area contributed by atoms with Gasteiger partial charge in [0.05, 0.1) is 11.2 Å². The third-order valence-electron chi connectivity index (χ3n) is 4.91. The molecule has 0 spiro atoms. The summed E-state index contributed by atoms with van der Waals surface area (Å²) in [5, 5.41) is 0. The molecule has 0 unspecified atom stereocenters. The van der Waals surface area contributed by atoms with Crippen LogP contribution in [-0.2, 0) is 9.31 Å². The van der Waals surface area contributed by atoms with E-state index in [1.807, 2.05) is 27.7 Å². The first-order chi connectivity index (χ1) is 12.7. The number of hydrogen-bond acceptors (Lipinski definition) is 4. The molecule has 0 bridgehead atoms. The average Bonchev–Trinajstić information content (AvgIpc) is 2.85. The third kappa shape index (κ3) is 4.29. The zero-order valence-electron chi connectivity index (χ0n) is 15.9. The lowest BCUT2D eigenvalue weighted by Gasteiger charge is -2.32. The van der Waals surface area contributed by atoms with Gasteiger partial charge in [0, 0.05) is 5.56 Å². The number of rotatable bonds is 5. The van der Waals surface area contributed by atoms with E-state index in [-0.39, 0.29) is 0 Å². The summed E-state index contributed by atoms with van der Waals surface area (Å²) in [7, 11) is -1.01. The third-order valence-corrected chi connectivity index (χ3v) is 4.91. The molecule has 2 aromatic carbocycles. The Morgan fingerprint density at radius 1 is 0.889 bits per heavy atom. The fraction of sp³-hybridized carbons (Fsp3) is 0.286. The van der Waals surface area contributed by atoms with Crippen LogP contribution in [0.1, 0.15) is 43.6 Å². The Morgan fingerprint density at radius 3 is 1.78 bits per heavy atom. The molecule has 1 saturated heterocycles. The molecule has 0 aliphatic carbocycles. The molecule has 0 amide bonds. The molecule has 27 heavy (non-hydrogen) atoms. The fourth-order valence-corrected chi connectivity index (χ4v) is 2.57. The van der Waals surface area contributed by atoms with Gasteiger partial charge in [0.15, 0.2) is 0 Å². The molecule has 0 aromatic heterocycles. The summed E-state index contributed by atoms with van der Waals surface area (Å²) in [6.07, 6.45) is 2.17. The van der Waals surface area contributed by atoms with Crippen LogP contribution >= 0.6 is 0 Å². The van der Waals surface area contributed by atoms with Gasteiger partial charge in [0.1, 0.15) is 23.5 Å². The van der Waals surface area contributed by atoms with Gasteiger partial charge in [0.25, 0.3) is 0 Å². The van der Waals surface area contributed by atoms with Crippen molar-refractivity contribution in [2.24, 2.45) is 0 Å². The fourth-order valence-electron chi connectivity index (χ4n) is 2.57. The number of hydrogen-bond donors (Lipinski definition) is 0. The number of carbonyl (C=O) groups excluding carboxylic acids is 1. The Kier molecular flexibility index (Phi) is 5.22. The molecule has 2 aromatic rings. The molecule has 0 radical (unpaired) electrons. The molecule has 4 nitrogen and oxygen atoms in total. The van der Waals surface area contributed by atoms with Crippen LogP contribution in [0, 0.1) is 0 Å². The van der Waals surface area contributed by atoms with Crippen molar-refractivity contribution in [2.75, 3.05) is 0 Å². The summed E-state index contributed by atoms with van der Waals surface area (Å²) < 4.78 is 31.7. The van der Waals surface area contributed by atoms with Crippen molar-refractivity contribution in [3.8, 4) is 11.5 Å². The Hall–Kier alpha value is -2.44. The largest absolute Gasteiger partial charge is 0.525 e. The molecular formula is C21H22BFO4. The van der Waals surface area contributed by atoms with Gasteiger partial charge in [-0.3, -0.25) is 4.79 Å². The molecule has 1 heterocycles. The zero-order valence-corrected chi connectivity index (χ0v) is 15.9. The molecule has 0 N–H and O–H groups in total. The van der Waals surface area contributed by atoms with Crippen molar-refractivity contribution in [2.45, 2.75) is 38.9 Å². The molecule has 0 saturated carbocycles. The average molecular weight is 368 g/mol. The molecular weight excluding hydrogens is 346 g/mol. The molecule has 6 heteroatoms. The minimum atomic E-state index is -1.01. The first-order valence-corrected chi connectivity index (χ1v) is 8.76. The number of aldehydes is 1. The lowest BCUT2D eigenvalue weighted by Crippen LogP contribution is -2.41. The SMILES string of the molecule is CC1(C)OB(C(F)=Cc2ccc(Oc3ccc(C=O)cc3)cc2)OC1(C)C. The van der Waals surface area contributed by atoms with E-state index in [1.165, 1.54) is 6.08 Å². The maximum absolute atomic E-state index is 14.6. The molecule has 1 aliphatic rings. The van der Waals surface area contributed by atoms with E-state index in [0.717, 1.165) is 6.29 Å². The van der Waals surface area contributed by atoms with Gasteiger partial charge >= 0.3 is 7.12 Å². The highest BCUT2D eigenvalue weighted by Gasteiger charge is 2.53. The lowest BCUT2D eigenvalue weighted by molar-refractivity contribution is 0.00578. The highest BCUT2D eigenvalue weighted by molar-refractivity contribution is 6.54. The summed E-state index contributed by atoms with van der Waals surface area (Å²) >= 11 is 0.